The fourth-order valence-electron chi connectivity index (χ4n) is 3.45. The zero-order valence-corrected chi connectivity index (χ0v) is 11.8. The van der Waals surface area contributed by atoms with Gasteiger partial charge in [0.1, 0.15) is 5.78 Å². The van der Waals surface area contributed by atoms with Gasteiger partial charge in [0, 0.05) is 19.4 Å². The first kappa shape index (κ1) is 11.5. The Morgan fingerprint density at radius 1 is 1.47 bits per heavy atom. The Bertz CT molecular complexity index is 470. The van der Waals surface area contributed by atoms with Crippen LogP contribution in [0.5, 0.6) is 0 Å². The Morgan fingerprint density at radius 3 is 2.65 bits per heavy atom. The van der Waals surface area contributed by atoms with E-state index in [9.17, 15) is 4.79 Å². The van der Waals surface area contributed by atoms with Crippen LogP contribution >= 0.6 is 15.9 Å². The molecule has 0 bridgehead atoms. The molecular formula is C13H17BrN2O. The molecule has 2 fully saturated rings. The number of aryl methyl sites for hydroxylation is 2. The van der Waals surface area contributed by atoms with Crippen LogP contribution in [-0.4, -0.2) is 15.6 Å². The third kappa shape index (κ3) is 1.77. The summed E-state index contributed by atoms with van der Waals surface area (Å²) < 4.78 is 2.83. The third-order valence-corrected chi connectivity index (χ3v) is 5.41. The van der Waals surface area contributed by atoms with Crippen molar-refractivity contribution in [3.8, 4) is 0 Å². The highest BCUT2D eigenvalue weighted by Gasteiger charge is 2.55. The molecule has 0 saturated heterocycles. The number of ketones is 1. The fraction of sp³-hybridized carbons (Fsp3) is 0.692. The van der Waals surface area contributed by atoms with Crippen LogP contribution in [0.25, 0.3) is 0 Å². The van der Waals surface area contributed by atoms with E-state index < -0.39 is 0 Å². The smallest absolute Gasteiger partial charge is 0.142 e. The number of hydrogen-bond donors (Lipinski definition) is 0. The summed E-state index contributed by atoms with van der Waals surface area (Å²) in [6, 6.07) is 0. The minimum absolute atomic E-state index is 0.367. The molecule has 2 aliphatic carbocycles. The van der Waals surface area contributed by atoms with E-state index in [1.165, 1.54) is 19.3 Å². The Hall–Kier alpha value is -0.640. The SMILES string of the molecule is Cc1nn(C)c(CC(=O)C2C3CCCC32)c1Br. The molecule has 2 aliphatic rings. The summed E-state index contributed by atoms with van der Waals surface area (Å²) >= 11 is 3.52. The van der Waals surface area contributed by atoms with Gasteiger partial charge in [-0.2, -0.15) is 5.10 Å². The molecule has 0 spiro atoms. The second-order valence-electron chi connectivity index (χ2n) is 5.40. The molecule has 2 unspecified atom stereocenters. The number of fused-ring (bicyclic) bond motifs is 1. The topological polar surface area (TPSA) is 34.9 Å². The van der Waals surface area contributed by atoms with Crippen LogP contribution in [-0.2, 0) is 18.3 Å². The molecule has 3 nitrogen and oxygen atoms in total. The second-order valence-corrected chi connectivity index (χ2v) is 6.19. The van der Waals surface area contributed by atoms with Gasteiger partial charge in [-0.1, -0.05) is 6.42 Å². The van der Waals surface area contributed by atoms with E-state index in [1.54, 1.807) is 0 Å². The Labute approximate surface area is 110 Å². The monoisotopic (exact) mass is 296 g/mol. The van der Waals surface area contributed by atoms with Crippen molar-refractivity contribution in [2.24, 2.45) is 24.8 Å². The van der Waals surface area contributed by atoms with Crippen molar-refractivity contribution in [3.63, 3.8) is 0 Å². The predicted molar refractivity (Wildman–Crippen MR) is 68.7 cm³/mol. The molecule has 0 amide bonds. The van der Waals surface area contributed by atoms with E-state index >= 15 is 0 Å². The normalized spacial score (nSPS) is 30.4. The predicted octanol–water partition coefficient (Wildman–Crippen LogP) is 2.65. The zero-order valence-electron chi connectivity index (χ0n) is 10.2. The van der Waals surface area contributed by atoms with Crippen LogP contribution in [0.1, 0.15) is 30.7 Å². The lowest BCUT2D eigenvalue weighted by Gasteiger charge is -2.04. The van der Waals surface area contributed by atoms with Gasteiger partial charge in [-0.3, -0.25) is 9.48 Å². The lowest BCUT2D eigenvalue weighted by molar-refractivity contribution is -0.120. The van der Waals surface area contributed by atoms with E-state index in [1.807, 2.05) is 18.7 Å². The molecule has 1 aromatic rings. The van der Waals surface area contributed by atoms with Gasteiger partial charge in [0.25, 0.3) is 0 Å². The first-order chi connectivity index (χ1) is 8.09. The molecule has 1 heterocycles. The maximum atomic E-state index is 12.2. The van der Waals surface area contributed by atoms with E-state index in [0.29, 0.717) is 18.1 Å². The van der Waals surface area contributed by atoms with Gasteiger partial charge in [-0.25, -0.2) is 0 Å². The number of hydrogen-bond acceptors (Lipinski definition) is 2. The number of carbonyl (C=O) groups is 1. The highest BCUT2D eigenvalue weighted by Crippen LogP contribution is 2.58. The van der Waals surface area contributed by atoms with Crippen molar-refractivity contribution in [1.82, 2.24) is 9.78 Å². The van der Waals surface area contributed by atoms with Crippen LogP contribution in [0.15, 0.2) is 4.47 Å². The maximum Gasteiger partial charge on any atom is 0.142 e. The van der Waals surface area contributed by atoms with Gasteiger partial charge < -0.3 is 0 Å². The molecule has 92 valence electrons. The summed E-state index contributed by atoms with van der Waals surface area (Å²) in [5, 5.41) is 4.33. The molecule has 0 aromatic carbocycles. The lowest BCUT2D eigenvalue weighted by atomic mass is 10.0. The molecule has 3 rings (SSSR count). The third-order valence-electron chi connectivity index (χ3n) is 4.38. The molecule has 0 N–H and O–H groups in total. The number of carbonyl (C=O) groups excluding carboxylic acids is 1. The van der Waals surface area contributed by atoms with Crippen LogP contribution in [0.3, 0.4) is 0 Å². The van der Waals surface area contributed by atoms with Crippen LogP contribution in [0, 0.1) is 24.7 Å². The standard InChI is InChI=1S/C13H17BrN2O/c1-7-13(14)10(16(2)15-7)6-11(17)12-8-4-3-5-9(8)12/h8-9,12H,3-6H2,1-2H3. The van der Waals surface area contributed by atoms with Crippen molar-refractivity contribution in [3.05, 3.63) is 15.9 Å². The van der Waals surface area contributed by atoms with Crippen molar-refractivity contribution >= 4 is 21.7 Å². The zero-order chi connectivity index (χ0) is 12.2. The molecule has 0 radical (unpaired) electrons. The Balaban J connectivity index is 1.73. The molecule has 1 aromatic heterocycles. The number of aromatic nitrogens is 2. The minimum Gasteiger partial charge on any atom is -0.299 e. The molecule has 2 atom stereocenters. The second kappa shape index (κ2) is 3.94. The fourth-order valence-corrected chi connectivity index (χ4v) is 3.93. The minimum atomic E-state index is 0.367. The summed E-state index contributed by atoms with van der Waals surface area (Å²) in [5.74, 6) is 2.22. The van der Waals surface area contributed by atoms with Crippen molar-refractivity contribution in [2.75, 3.05) is 0 Å². The molecule has 4 heteroatoms. The first-order valence-electron chi connectivity index (χ1n) is 6.30. The number of nitrogens with zero attached hydrogens (tertiary/aromatic N) is 2. The average Bonchev–Trinajstić information content (AvgIpc) is 2.66. The molecule has 2 saturated carbocycles. The van der Waals surface area contributed by atoms with E-state index in [-0.39, 0.29) is 0 Å². The van der Waals surface area contributed by atoms with E-state index in [4.69, 9.17) is 0 Å². The van der Waals surface area contributed by atoms with Crippen LogP contribution in [0.2, 0.25) is 0 Å². The summed E-state index contributed by atoms with van der Waals surface area (Å²) in [6.07, 6.45) is 4.41. The first-order valence-corrected chi connectivity index (χ1v) is 7.09. The summed E-state index contributed by atoms with van der Waals surface area (Å²) in [7, 11) is 1.91. The number of halogens is 1. The maximum absolute atomic E-state index is 12.2. The molecular weight excluding hydrogens is 280 g/mol. The van der Waals surface area contributed by atoms with Gasteiger partial charge in [-0.05, 0) is 47.5 Å². The highest BCUT2D eigenvalue weighted by molar-refractivity contribution is 9.10. The summed E-state index contributed by atoms with van der Waals surface area (Å²) in [6.45, 7) is 1.96. The summed E-state index contributed by atoms with van der Waals surface area (Å²) in [4.78, 5) is 12.2. The lowest BCUT2D eigenvalue weighted by Crippen LogP contribution is -2.12. The number of Topliss-reactive ketones (excluding diaryl/α,β-unsaturated/α-hetero) is 1. The Kier molecular flexibility index (Phi) is 2.65. The van der Waals surface area contributed by atoms with Crippen molar-refractivity contribution < 1.29 is 4.79 Å². The molecule has 0 aliphatic heterocycles. The van der Waals surface area contributed by atoms with Gasteiger partial charge >= 0.3 is 0 Å². The van der Waals surface area contributed by atoms with Crippen molar-refractivity contribution in [2.45, 2.75) is 32.6 Å². The van der Waals surface area contributed by atoms with E-state index in [0.717, 1.165) is 27.7 Å². The van der Waals surface area contributed by atoms with Gasteiger partial charge in [0.2, 0.25) is 0 Å². The van der Waals surface area contributed by atoms with Gasteiger partial charge in [0.15, 0.2) is 0 Å². The average molecular weight is 297 g/mol. The van der Waals surface area contributed by atoms with Crippen LogP contribution < -0.4 is 0 Å². The summed E-state index contributed by atoms with van der Waals surface area (Å²) in [5.41, 5.74) is 1.99. The van der Waals surface area contributed by atoms with E-state index in [2.05, 4.69) is 21.0 Å². The van der Waals surface area contributed by atoms with Crippen LogP contribution in [0.4, 0.5) is 0 Å². The highest BCUT2D eigenvalue weighted by atomic mass is 79.9. The quantitative estimate of drug-likeness (QED) is 0.859. The van der Waals surface area contributed by atoms with Gasteiger partial charge in [-0.15, -0.1) is 0 Å². The largest absolute Gasteiger partial charge is 0.299 e. The van der Waals surface area contributed by atoms with Crippen molar-refractivity contribution in [1.29, 1.82) is 0 Å². The number of rotatable bonds is 3. The molecule has 17 heavy (non-hydrogen) atoms. The van der Waals surface area contributed by atoms with Gasteiger partial charge in [0.05, 0.1) is 15.9 Å². The Morgan fingerprint density at radius 2 is 2.12 bits per heavy atom.